The van der Waals surface area contributed by atoms with Gasteiger partial charge in [-0.15, -0.1) is 5.10 Å². The van der Waals surface area contributed by atoms with Gasteiger partial charge in [0.05, 0.1) is 22.8 Å². The van der Waals surface area contributed by atoms with Gasteiger partial charge in [-0.05, 0) is 50.6 Å². The van der Waals surface area contributed by atoms with Crippen molar-refractivity contribution in [3.05, 3.63) is 64.5 Å². The lowest BCUT2D eigenvalue weighted by Crippen LogP contribution is -2.48. The number of aryl methyl sites for hydroxylation is 2. The molecule has 1 N–H and O–H groups in total. The Morgan fingerprint density at radius 1 is 1.02 bits per heavy atom. The highest BCUT2D eigenvalue weighted by atomic mass is 32.2. The van der Waals surface area contributed by atoms with Crippen molar-refractivity contribution in [3.63, 3.8) is 0 Å². The number of sulfonamides is 1. The van der Waals surface area contributed by atoms with Crippen molar-refractivity contribution < 1.29 is 13.2 Å². The number of ether oxygens (including phenoxy) is 1. The van der Waals surface area contributed by atoms with Crippen molar-refractivity contribution in [2.45, 2.75) is 57.8 Å². The van der Waals surface area contributed by atoms with E-state index in [0.717, 1.165) is 31.5 Å². The van der Waals surface area contributed by atoms with Crippen LogP contribution in [0.1, 0.15) is 51.0 Å². The zero-order chi connectivity index (χ0) is 29.0. The number of nitrogens with zero attached hydrogens (tertiary/aromatic N) is 6. The molecule has 0 amide bonds. The molecule has 5 rings (SSSR count). The SMILES string of the molecule is CCCCCCc1nc(C)c2c(=O)[nH]c(-c3cc(S(=O)(=O)N4CCN(c5ccccn5)CC4)ccc3OCC)nn12. The number of fused-ring (bicyclic) bond motifs is 1. The highest BCUT2D eigenvalue weighted by molar-refractivity contribution is 7.89. The van der Waals surface area contributed by atoms with Crippen LogP contribution in [0.4, 0.5) is 5.82 Å². The zero-order valence-corrected chi connectivity index (χ0v) is 24.7. The lowest BCUT2D eigenvalue weighted by atomic mass is 10.1. The molecule has 3 aromatic heterocycles. The van der Waals surface area contributed by atoms with Gasteiger partial charge >= 0.3 is 0 Å². The number of benzene rings is 1. The second kappa shape index (κ2) is 12.4. The maximum absolute atomic E-state index is 13.7. The van der Waals surface area contributed by atoms with E-state index in [1.165, 1.54) is 4.31 Å². The molecule has 1 fully saturated rings. The van der Waals surface area contributed by atoms with E-state index in [-0.39, 0.29) is 16.3 Å². The van der Waals surface area contributed by atoms with Gasteiger partial charge in [0.1, 0.15) is 17.4 Å². The van der Waals surface area contributed by atoms with Crippen LogP contribution in [0.3, 0.4) is 0 Å². The van der Waals surface area contributed by atoms with Gasteiger partial charge in [0.25, 0.3) is 5.56 Å². The van der Waals surface area contributed by atoms with Crippen LogP contribution in [0.25, 0.3) is 16.9 Å². The lowest BCUT2D eigenvalue weighted by Gasteiger charge is -2.34. The number of aromatic amines is 1. The van der Waals surface area contributed by atoms with Crippen LogP contribution in [0.5, 0.6) is 5.75 Å². The summed E-state index contributed by atoms with van der Waals surface area (Å²) in [6.45, 7) is 7.91. The van der Waals surface area contributed by atoms with Crippen LogP contribution < -0.4 is 15.2 Å². The van der Waals surface area contributed by atoms with Crippen LogP contribution in [0, 0.1) is 6.92 Å². The number of piperazine rings is 1. The molecule has 0 radical (unpaired) electrons. The molecule has 41 heavy (non-hydrogen) atoms. The maximum Gasteiger partial charge on any atom is 0.277 e. The Balaban J connectivity index is 1.47. The van der Waals surface area contributed by atoms with Gasteiger partial charge < -0.3 is 14.6 Å². The number of unbranched alkanes of at least 4 members (excludes halogenated alkanes) is 3. The first-order valence-electron chi connectivity index (χ1n) is 14.2. The summed E-state index contributed by atoms with van der Waals surface area (Å²) >= 11 is 0. The Labute approximate surface area is 240 Å². The van der Waals surface area contributed by atoms with E-state index in [1.54, 1.807) is 35.8 Å². The van der Waals surface area contributed by atoms with Crippen molar-refractivity contribution >= 4 is 21.4 Å². The normalized spacial score (nSPS) is 14.6. The topological polar surface area (TPSA) is 126 Å². The smallest absolute Gasteiger partial charge is 0.277 e. The summed E-state index contributed by atoms with van der Waals surface area (Å²) in [5.74, 6) is 2.22. The molecule has 0 saturated carbocycles. The molecule has 0 aliphatic carbocycles. The third kappa shape index (κ3) is 5.98. The Kier molecular flexibility index (Phi) is 8.69. The number of H-pyrrole nitrogens is 1. The summed E-state index contributed by atoms with van der Waals surface area (Å²) in [4.78, 5) is 27.2. The molecule has 1 aliphatic heterocycles. The van der Waals surface area contributed by atoms with Crippen LogP contribution in [0.2, 0.25) is 0 Å². The van der Waals surface area contributed by atoms with Crippen molar-refractivity contribution in [3.8, 4) is 17.1 Å². The quantitative estimate of drug-likeness (QED) is 0.266. The monoisotopic (exact) mass is 579 g/mol. The van der Waals surface area contributed by atoms with Crippen molar-refractivity contribution in [2.24, 2.45) is 0 Å². The fourth-order valence-corrected chi connectivity index (χ4v) is 6.66. The number of nitrogens with one attached hydrogen (secondary N) is 1. The summed E-state index contributed by atoms with van der Waals surface area (Å²) in [7, 11) is -3.81. The number of anilines is 1. The van der Waals surface area contributed by atoms with Crippen LogP contribution in [-0.4, -0.2) is 70.1 Å². The van der Waals surface area contributed by atoms with E-state index in [0.29, 0.717) is 67.6 Å². The average Bonchev–Trinajstić information content (AvgIpc) is 3.31. The third-order valence-corrected chi connectivity index (χ3v) is 9.25. The highest BCUT2D eigenvalue weighted by Gasteiger charge is 2.30. The van der Waals surface area contributed by atoms with Crippen molar-refractivity contribution in [1.29, 1.82) is 0 Å². The fourth-order valence-electron chi connectivity index (χ4n) is 5.21. The van der Waals surface area contributed by atoms with Gasteiger partial charge in [-0.3, -0.25) is 4.79 Å². The van der Waals surface area contributed by atoms with Gasteiger partial charge in [0, 0.05) is 38.8 Å². The molecule has 1 aromatic carbocycles. The second-order valence-corrected chi connectivity index (χ2v) is 12.1. The van der Waals surface area contributed by atoms with E-state index in [4.69, 9.17) is 9.84 Å². The first-order valence-corrected chi connectivity index (χ1v) is 15.7. The molecule has 0 unspecified atom stereocenters. The van der Waals surface area contributed by atoms with Gasteiger partial charge in [-0.25, -0.2) is 22.9 Å². The number of imidazole rings is 1. The Morgan fingerprint density at radius 3 is 2.54 bits per heavy atom. The molecule has 11 nitrogen and oxygen atoms in total. The zero-order valence-electron chi connectivity index (χ0n) is 23.8. The van der Waals surface area contributed by atoms with Crippen LogP contribution in [-0.2, 0) is 16.4 Å². The number of hydrogen-bond donors (Lipinski definition) is 1. The first kappa shape index (κ1) is 28.7. The number of aromatic nitrogens is 5. The van der Waals surface area contributed by atoms with E-state index in [1.807, 2.05) is 25.1 Å². The second-order valence-electron chi connectivity index (χ2n) is 10.2. The molecule has 1 aliphatic rings. The third-order valence-electron chi connectivity index (χ3n) is 7.35. The molecular weight excluding hydrogens is 542 g/mol. The first-order chi connectivity index (χ1) is 19.8. The van der Waals surface area contributed by atoms with E-state index < -0.39 is 10.0 Å². The summed E-state index contributed by atoms with van der Waals surface area (Å²) in [6.07, 6.45) is 6.71. The van der Waals surface area contributed by atoms with Gasteiger partial charge in [0.15, 0.2) is 11.3 Å². The summed E-state index contributed by atoms with van der Waals surface area (Å²) < 4.78 is 36.4. The Hall–Kier alpha value is -3.77. The fraction of sp³-hybridized carbons (Fsp3) is 0.448. The van der Waals surface area contributed by atoms with Gasteiger partial charge in [-0.2, -0.15) is 4.31 Å². The number of rotatable bonds is 11. The predicted octanol–water partition coefficient (Wildman–Crippen LogP) is 3.82. The largest absolute Gasteiger partial charge is 0.493 e. The molecular formula is C29H37N7O4S. The Morgan fingerprint density at radius 2 is 1.83 bits per heavy atom. The number of pyridine rings is 1. The van der Waals surface area contributed by atoms with Gasteiger partial charge in [0.2, 0.25) is 10.0 Å². The standard InChI is InChI=1S/C29H37N7O4S/c1-4-6-7-8-12-26-31-21(3)27-29(37)32-28(33-36(26)27)23-20-22(13-14-24(23)40-5-2)41(38,39)35-18-16-34(17-19-35)25-11-9-10-15-30-25/h9-11,13-15,20H,4-8,12,16-19H2,1-3H3,(H,32,33,37). The lowest BCUT2D eigenvalue weighted by molar-refractivity contribution is 0.341. The highest BCUT2D eigenvalue weighted by Crippen LogP contribution is 2.32. The number of hydrogen-bond acceptors (Lipinski definition) is 8. The molecule has 4 heterocycles. The molecule has 0 bridgehead atoms. The molecule has 1 saturated heterocycles. The molecule has 0 atom stereocenters. The molecule has 0 spiro atoms. The van der Waals surface area contributed by atoms with Crippen molar-refractivity contribution in [2.75, 3.05) is 37.7 Å². The minimum absolute atomic E-state index is 0.117. The summed E-state index contributed by atoms with van der Waals surface area (Å²) in [6, 6.07) is 10.4. The minimum atomic E-state index is -3.81. The van der Waals surface area contributed by atoms with E-state index >= 15 is 0 Å². The van der Waals surface area contributed by atoms with Gasteiger partial charge in [-0.1, -0.05) is 32.3 Å². The van der Waals surface area contributed by atoms with Crippen molar-refractivity contribution in [1.82, 2.24) is 28.9 Å². The Bertz CT molecular complexity index is 1660. The molecule has 218 valence electrons. The van der Waals surface area contributed by atoms with Crippen LogP contribution in [0.15, 0.2) is 52.3 Å². The minimum Gasteiger partial charge on any atom is -0.493 e. The summed E-state index contributed by atoms with van der Waals surface area (Å²) in [5, 5.41) is 4.74. The average molecular weight is 580 g/mol. The maximum atomic E-state index is 13.7. The van der Waals surface area contributed by atoms with Crippen LogP contribution >= 0.6 is 0 Å². The predicted molar refractivity (Wildman–Crippen MR) is 158 cm³/mol. The van der Waals surface area contributed by atoms with E-state index in [9.17, 15) is 13.2 Å². The molecule has 4 aromatic rings. The molecule has 12 heteroatoms. The summed E-state index contributed by atoms with van der Waals surface area (Å²) in [5.41, 5.74) is 1.08. The van der Waals surface area contributed by atoms with E-state index in [2.05, 4.69) is 26.8 Å².